The van der Waals surface area contributed by atoms with Gasteiger partial charge in [0.25, 0.3) is 0 Å². The minimum absolute atomic E-state index is 0.0969. The first-order valence-electron chi connectivity index (χ1n) is 22.7. The Labute approximate surface area is 361 Å². The molecular weight excluding hydrogens is 737 g/mol. The summed E-state index contributed by atoms with van der Waals surface area (Å²) in [6, 6.07) is 69.1. The van der Waals surface area contributed by atoms with Crippen molar-refractivity contribution in [1.82, 2.24) is 0 Å². The summed E-state index contributed by atoms with van der Waals surface area (Å²) in [4.78, 5) is 5.22. The van der Waals surface area contributed by atoms with Gasteiger partial charge in [-0.05, 0) is 153 Å². The molecule has 8 aromatic rings. The molecule has 2 heteroatoms. The van der Waals surface area contributed by atoms with Crippen LogP contribution in [0.1, 0.15) is 79.3 Å². The molecule has 0 N–H and O–H groups in total. The van der Waals surface area contributed by atoms with Crippen LogP contribution in [0, 0.1) is 11.8 Å². The van der Waals surface area contributed by atoms with Crippen molar-refractivity contribution in [3.05, 3.63) is 215 Å². The maximum absolute atomic E-state index is 2.63. The normalized spacial score (nSPS) is 20.4. The molecule has 0 saturated heterocycles. The van der Waals surface area contributed by atoms with Crippen molar-refractivity contribution in [1.29, 1.82) is 0 Å². The van der Waals surface area contributed by atoms with Gasteiger partial charge in [0.15, 0.2) is 0 Å². The summed E-state index contributed by atoms with van der Waals surface area (Å²) >= 11 is 0. The molecule has 1 spiro atoms. The van der Waals surface area contributed by atoms with Crippen LogP contribution in [0.4, 0.5) is 34.1 Å². The van der Waals surface area contributed by atoms with Crippen LogP contribution < -0.4 is 9.80 Å². The van der Waals surface area contributed by atoms with E-state index in [2.05, 4.69) is 206 Å². The highest BCUT2D eigenvalue weighted by Gasteiger charge is 2.59. The van der Waals surface area contributed by atoms with Gasteiger partial charge in [-0.1, -0.05) is 154 Å². The summed E-state index contributed by atoms with van der Waals surface area (Å²) in [6.07, 6.45) is 8.62. The summed E-state index contributed by atoms with van der Waals surface area (Å²) in [5.74, 6) is 1.02. The smallest absolute Gasteiger partial charge is 0.0505 e. The van der Waals surface area contributed by atoms with Gasteiger partial charge in [-0.3, -0.25) is 0 Å². The number of fused-ring (bicyclic) bond motifs is 6. The zero-order valence-electron chi connectivity index (χ0n) is 35.3. The van der Waals surface area contributed by atoms with E-state index in [4.69, 9.17) is 0 Å². The van der Waals surface area contributed by atoms with Gasteiger partial charge in [0.1, 0.15) is 0 Å². The zero-order chi connectivity index (χ0) is 40.7. The second-order valence-electron chi connectivity index (χ2n) is 18.7. The van der Waals surface area contributed by atoms with E-state index in [1.165, 1.54) is 110 Å². The van der Waals surface area contributed by atoms with E-state index < -0.39 is 0 Å². The molecule has 0 radical (unpaired) electrons. The molecule has 8 aromatic carbocycles. The first-order chi connectivity index (χ1) is 30.0. The highest BCUT2D eigenvalue weighted by atomic mass is 15.2. The van der Waals surface area contributed by atoms with Crippen molar-refractivity contribution < 1.29 is 0 Å². The van der Waals surface area contributed by atoms with Crippen LogP contribution in [-0.2, 0) is 23.7 Å². The van der Waals surface area contributed by atoms with Crippen LogP contribution in [0.5, 0.6) is 0 Å². The summed E-state index contributed by atoms with van der Waals surface area (Å²) < 4.78 is 0. The monoisotopic (exact) mass is 788 g/mol. The fourth-order valence-electron chi connectivity index (χ4n) is 12.7. The number of nitrogens with zero attached hydrogens (tertiary/aromatic N) is 2. The summed E-state index contributed by atoms with van der Waals surface area (Å²) in [5.41, 5.74) is 19.0. The Balaban J connectivity index is 1.12. The first-order valence-corrected chi connectivity index (χ1v) is 22.7. The lowest BCUT2D eigenvalue weighted by Crippen LogP contribution is -2.40. The summed E-state index contributed by atoms with van der Waals surface area (Å²) in [5, 5.41) is 2.53. The number of benzene rings is 8. The van der Waals surface area contributed by atoms with Crippen LogP contribution in [0.3, 0.4) is 0 Å². The van der Waals surface area contributed by atoms with Crippen LogP contribution >= 0.6 is 0 Å². The summed E-state index contributed by atoms with van der Waals surface area (Å²) in [7, 11) is 0. The van der Waals surface area contributed by atoms with E-state index in [1.54, 1.807) is 11.1 Å². The highest BCUT2D eigenvalue weighted by Crippen LogP contribution is 2.66. The van der Waals surface area contributed by atoms with Crippen LogP contribution in [0.15, 0.2) is 182 Å². The van der Waals surface area contributed by atoms with Crippen molar-refractivity contribution in [2.75, 3.05) is 9.80 Å². The minimum Gasteiger partial charge on any atom is -0.310 e. The molecule has 4 aliphatic rings. The van der Waals surface area contributed by atoms with Crippen molar-refractivity contribution >= 4 is 44.9 Å². The van der Waals surface area contributed by atoms with Gasteiger partial charge < -0.3 is 9.80 Å². The Hall–Kier alpha value is -6.38. The molecule has 0 bridgehead atoms. The third kappa shape index (κ3) is 5.47. The molecule has 0 amide bonds. The molecule has 0 aromatic heterocycles. The number of rotatable bonds is 6. The molecule has 12 rings (SSSR count). The van der Waals surface area contributed by atoms with Gasteiger partial charge in [0, 0.05) is 33.6 Å². The lowest BCUT2D eigenvalue weighted by atomic mass is 9.60. The van der Waals surface area contributed by atoms with E-state index in [-0.39, 0.29) is 10.8 Å². The van der Waals surface area contributed by atoms with Gasteiger partial charge in [-0.15, -0.1) is 0 Å². The number of hydrogen-bond acceptors (Lipinski definition) is 2. The SMILES string of the molecule is CC1(C)c2ccccc2-c2ccc(N(c3ccccc3)c3cccc4c3C35c6c(cccc6N(c6ccccc6)c6ccc7ccccc7c6)CC3CCCCCC5C4)cc21. The summed E-state index contributed by atoms with van der Waals surface area (Å²) in [6.45, 7) is 4.81. The average molecular weight is 789 g/mol. The van der Waals surface area contributed by atoms with E-state index in [0.717, 1.165) is 12.8 Å². The van der Waals surface area contributed by atoms with Crippen LogP contribution in [-0.4, -0.2) is 0 Å². The van der Waals surface area contributed by atoms with Crippen molar-refractivity contribution in [2.24, 2.45) is 11.8 Å². The molecule has 0 aliphatic heterocycles. The standard InChI is InChI=1S/C59H52N2/c1-58(2)52-29-15-14-28-50(52)51-35-34-49(39-53(51)58)61(47-26-10-5-11-27-47)55-31-17-21-43-37-45-23-7-3-6-22-44-36-42-20-16-30-54(56(42)59(44,45)57(43)55)60(46-24-8-4-9-25-46)48-33-32-40-18-12-13-19-41(40)38-48/h4-5,8-21,24-35,38-39,44-45H,3,6-7,22-23,36-37H2,1-2H3. The lowest BCUT2D eigenvalue weighted by molar-refractivity contribution is 0.205. The van der Waals surface area contributed by atoms with Crippen LogP contribution in [0.25, 0.3) is 21.9 Å². The molecule has 4 aliphatic carbocycles. The van der Waals surface area contributed by atoms with Gasteiger partial charge in [0.05, 0.1) is 11.4 Å². The molecule has 2 nitrogen and oxygen atoms in total. The Bertz CT molecular complexity index is 2950. The fraction of sp³-hybridized carbons (Fsp3) is 0.220. The third-order valence-electron chi connectivity index (χ3n) is 15.2. The topological polar surface area (TPSA) is 6.48 Å². The molecule has 1 saturated carbocycles. The molecule has 3 unspecified atom stereocenters. The zero-order valence-corrected chi connectivity index (χ0v) is 35.3. The Morgan fingerprint density at radius 3 is 1.57 bits per heavy atom. The molecule has 0 heterocycles. The number of hydrogen-bond donors (Lipinski definition) is 0. The lowest BCUT2D eigenvalue weighted by Gasteiger charge is -2.45. The van der Waals surface area contributed by atoms with Crippen molar-refractivity contribution in [3.8, 4) is 11.1 Å². The van der Waals surface area contributed by atoms with Crippen molar-refractivity contribution in [3.63, 3.8) is 0 Å². The van der Waals surface area contributed by atoms with Gasteiger partial charge in [-0.2, -0.15) is 0 Å². The van der Waals surface area contributed by atoms with Crippen LogP contribution in [0.2, 0.25) is 0 Å². The second kappa shape index (κ2) is 14.1. The predicted octanol–water partition coefficient (Wildman–Crippen LogP) is 15.7. The quantitative estimate of drug-likeness (QED) is 0.166. The Morgan fingerprint density at radius 2 is 0.934 bits per heavy atom. The number of para-hydroxylation sites is 2. The molecule has 61 heavy (non-hydrogen) atoms. The van der Waals surface area contributed by atoms with E-state index in [0.29, 0.717) is 11.8 Å². The second-order valence-corrected chi connectivity index (χ2v) is 18.7. The van der Waals surface area contributed by atoms with Crippen molar-refractivity contribution in [2.45, 2.75) is 69.6 Å². The maximum Gasteiger partial charge on any atom is 0.0505 e. The largest absolute Gasteiger partial charge is 0.310 e. The van der Waals surface area contributed by atoms with Gasteiger partial charge >= 0.3 is 0 Å². The van der Waals surface area contributed by atoms with E-state index in [1.807, 2.05) is 0 Å². The Kier molecular flexibility index (Phi) is 8.43. The molecular formula is C59H52N2. The molecule has 3 atom stereocenters. The fourth-order valence-corrected chi connectivity index (χ4v) is 12.7. The van der Waals surface area contributed by atoms with Gasteiger partial charge in [0.2, 0.25) is 0 Å². The predicted molar refractivity (Wildman–Crippen MR) is 256 cm³/mol. The molecule has 1 fully saturated rings. The van der Waals surface area contributed by atoms with E-state index >= 15 is 0 Å². The van der Waals surface area contributed by atoms with Gasteiger partial charge in [-0.25, -0.2) is 0 Å². The first kappa shape index (κ1) is 36.5. The minimum atomic E-state index is -0.151. The maximum atomic E-state index is 2.63. The average Bonchev–Trinajstić information content (AvgIpc) is 3.88. The van der Waals surface area contributed by atoms with E-state index in [9.17, 15) is 0 Å². The Morgan fingerprint density at radius 1 is 0.410 bits per heavy atom. The highest BCUT2D eigenvalue weighted by molar-refractivity contribution is 5.92. The third-order valence-corrected chi connectivity index (χ3v) is 15.2. The number of anilines is 6. The molecule has 298 valence electrons.